The minimum absolute atomic E-state index is 0.698. The number of nitrogen functional groups attached to an aromatic ring is 1. The Balaban J connectivity index is 2.03. The van der Waals surface area contributed by atoms with Gasteiger partial charge in [-0.2, -0.15) is 0 Å². The van der Waals surface area contributed by atoms with Crippen molar-refractivity contribution in [1.29, 1.82) is 0 Å². The number of nitrogens with zero attached hydrogens (tertiary/aromatic N) is 2. The van der Waals surface area contributed by atoms with Crippen molar-refractivity contribution in [3.8, 4) is 0 Å². The first-order chi connectivity index (χ1) is 7.36. The van der Waals surface area contributed by atoms with Crippen LogP contribution in [0.4, 0.5) is 11.4 Å². The SMILES string of the molecule is Nc1ccncc1NCc1cccnc1. The van der Waals surface area contributed by atoms with Crippen molar-refractivity contribution in [2.24, 2.45) is 0 Å². The molecule has 0 unspecified atom stereocenters. The van der Waals surface area contributed by atoms with E-state index >= 15 is 0 Å². The second-order valence-corrected chi connectivity index (χ2v) is 3.18. The third kappa shape index (κ3) is 2.43. The molecule has 76 valence electrons. The Bertz CT molecular complexity index is 428. The van der Waals surface area contributed by atoms with Crippen LogP contribution in [-0.4, -0.2) is 9.97 Å². The molecule has 0 aliphatic heterocycles. The Hall–Kier alpha value is -2.10. The molecule has 15 heavy (non-hydrogen) atoms. The van der Waals surface area contributed by atoms with Crippen LogP contribution in [0.15, 0.2) is 43.0 Å². The highest BCUT2D eigenvalue weighted by Gasteiger charge is 1.97. The summed E-state index contributed by atoms with van der Waals surface area (Å²) in [6.45, 7) is 0.698. The van der Waals surface area contributed by atoms with E-state index in [0.717, 1.165) is 11.3 Å². The zero-order valence-electron chi connectivity index (χ0n) is 8.22. The molecule has 0 saturated carbocycles. The summed E-state index contributed by atoms with van der Waals surface area (Å²) in [6, 6.07) is 5.68. The average Bonchev–Trinajstić information content (AvgIpc) is 2.29. The quantitative estimate of drug-likeness (QED) is 0.791. The van der Waals surface area contributed by atoms with Crippen molar-refractivity contribution in [2.45, 2.75) is 6.54 Å². The summed E-state index contributed by atoms with van der Waals surface area (Å²) in [5, 5.41) is 3.20. The predicted octanol–water partition coefficient (Wildman–Crippen LogP) is 1.67. The lowest BCUT2D eigenvalue weighted by atomic mass is 10.2. The number of aromatic nitrogens is 2. The summed E-state index contributed by atoms with van der Waals surface area (Å²) in [4.78, 5) is 8.03. The van der Waals surface area contributed by atoms with E-state index in [0.29, 0.717) is 12.2 Å². The van der Waals surface area contributed by atoms with Crippen LogP contribution in [0, 0.1) is 0 Å². The summed E-state index contributed by atoms with van der Waals surface area (Å²) < 4.78 is 0. The maximum Gasteiger partial charge on any atom is 0.0762 e. The Labute approximate surface area is 88.2 Å². The first kappa shape index (κ1) is 9.45. The van der Waals surface area contributed by atoms with Gasteiger partial charge in [0.15, 0.2) is 0 Å². The average molecular weight is 200 g/mol. The van der Waals surface area contributed by atoms with Crippen LogP contribution >= 0.6 is 0 Å². The van der Waals surface area contributed by atoms with E-state index in [2.05, 4.69) is 15.3 Å². The molecule has 0 aliphatic rings. The smallest absolute Gasteiger partial charge is 0.0762 e. The van der Waals surface area contributed by atoms with Gasteiger partial charge in [-0.1, -0.05) is 6.07 Å². The third-order valence-corrected chi connectivity index (χ3v) is 2.06. The van der Waals surface area contributed by atoms with Crippen LogP contribution in [0.3, 0.4) is 0 Å². The second kappa shape index (κ2) is 4.41. The number of nitrogens with one attached hydrogen (secondary N) is 1. The Morgan fingerprint density at radius 3 is 2.73 bits per heavy atom. The van der Waals surface area contributed by atoms with Gasteiger partial charge in [0.25, 0.3) is 0 Å². The summed E-state index contributed by atoms with van der Waals surface area (Å²) in [5.74, 6) is 0. The summed E-state index contributed by atoms with van der Waals surface area (Å²) in [7, 11) is 0. The van der Waals surface area contributed by atoms with Crippen molar-refractivity contribution in [1.82, 2.24) is 9.97 Å². The van der Waals surface area contributed by atoms with Gasteiger partial charge >= 0.3 is 0 Å². The van der Waals surface area contributed by atoms with Crippen LogP contribution in [0.2, 0.25) is 0 Å². The zero-order valence-corrected chi connectivity index (χ0v) is 8.22. The Kier molecular flexibility index (Phi) is 2.78. The molecular formula is C11H12N4. The maximum absolute atomic E-state index is 5.77. The lowest BCUT2D eigenvalue weighted by Gasteiger charge is -2.07. The lowest BCUT2D eigenvalue weighted by Crippen LogP contribution is -2.02. The minimum atomic E-state index is 0.698. The first-order valence-electron chi connectivity index (χ1n) is 4.68. The molecule has 0 fully saturated rings. The van der Waals surface area contributed by atoms with E-state index in [-0.39, 0.29) is 0 Å². The van der Waals surface area contributed by atoms with Gasteiger partial charge < -0.3 is 11.1 Å². The van der Waals surface area contributed by atoms with E-state index in [9.17, 15) is 0 Å². The molecule has 0 saturated heterocycles. The van der Waals surface area contributed by atoms with E-state index < -0.39 is 0 Å². The molecule has 0 spiro atoms. The minimum Gasteiger partial charge on any atom is -0.397 e. The number of nitrogens with two attached hydrogens (primary N) is 1. The predicted molar refractivity (Wildman–Crippen MR) is 60.2 cm³/mol. The fourth-order valence-corrected chi connectivity index (χ4v) is 1.25. The number of anilines is 2. The molecule has 0 radical (unpaired) electrons. The second-order valence-electron chi connectivity index (χ2n) is 3.18. The molecule has 2 heterocycles. The molecule has 0 atom stereocenters. The highest BCUT2D eigenvalue weighted by Crippen LogP contribution is 2.15. The molecule has 3 N–H and O–H groups in total. The van der Waals surface area contributed by atoms with Crippen molar-refractivity contribution in [3.05, 3.63) is 48.5 Å². The molecule has 4 heteroatoms. The molecule has 2 rings (SSSR count). The maximum atomic E-state index is 5.77. The van der Waals surface area contributed by atoms with Gasteiger partial charge in [-0.05, 0) is 17.7 Å². The fraction of sp³-hybridized carbons (Fsp3) is 0.0909. The van der Waals surface area contributed by atoms with Gasteiger partial charge in [0.05, 0.1) is 17.6 Å². The topological polar surface area (TPSA) is 63.8 Å². The van der Waals surface area contributed by atoms with Crippen molar-refractivity contribution in [3.63, 3.8) is 0 Å². The number of hydrogen-bond acceptors (Lipinski definition) is 4. The Morgan fingerprint density at radius 2 is 2.00 bits per heavy atom. The molecule has 2 aromatic heterocycles. The lowest BCUT2D eigenvalue weighted by molar-refractivity contribution is 1.11. The standard InChI is InChI=1S/C11H12N4/c12-10-3-5-14-8-11(10)15-7-9-2-1-4-13-6-9/h1-6,8,15H,7H2,(H2,12,14). The summed E-state index contributed by atoms with van der Waals surface area (Å²) in [5.41, 5.74) is 8.43. The fourth-order valence-electron chi connectivity index (χ4n) is 1.25. The van der Waals surface area contributed by atoms with Gasteiger partial charge in [-0.15, -0.1) is 0 Å². The van der Waals surface area contributed by atoms with Crippen molar-refractivity contribution >= 4 is 11.4 Å². The van der Waals surface area contributed by atoms with Crippen LogP contribution in [0.5, 0.6) is 0 Å². The highest BCUT2D eigenvalue weighted by molar-refractivity contribution is 5.64. The molecule has 4 nitrogen and oxygen atoms in total. The number of hydrogen-bond donors (Lipinski definition) is 2. The van der Waals surface area contributed by atoms with Crippen molar-refractivity contribution < 1.29 is 0 Å². The van der Waals surface area contributed by atoms with Gasteiger partial charge in [-0.25, -0.2) is 0 Å². The third-order valence-electron chi connectivity index (χ3n) is 2.06. The van der Waals surface area contributed by atoms with E-state index in [4.69, 9.17) is 5.73 Å². The molecule has 0 amide bonds. The van der Waals surface area contributed by atoms with Gasteiger partial charge in [-0.3, -0.25) is 9.97 Å². The number of rotatable bonds is 3. The largest absolute Gasteiger partial charge is 0.397 e. The monoisotopic (exact) mass is 200 g/mol. The van der Waals surface area contributed by atoms with E-state index in [1.54, 1.807) is 24.7 Å². The molecule has 2 aromatic rings. The normalized spacial score (nSPS) is 9.87. The number of pyridine rings is 2. The first-order valence-corrected chi connectivity index (χ1v) is 4.68. The summed E-state index contributed by atoms with van der Waals surface area (Å²) in [6.07, 6.45) is 6.96. The van der Waals surface area contributed by atoms with Gasteiger partial charge in [0, 0.05) is 25.1 Å². The van der Waals surface area contributed by atoms with Crippen molar-refractivity contribution in [2.75, 3.05) is 11.1 Å². The van der Waals surface area contributed by atoms with E-state index in [1.807, 2.05) is 18.3 Å². The molecular weight excluding hydrogens is 188 g/mol. The molecule has 0 bridgehead atoms. The Morgan fingerprint density at radius 1 is 1.13 bits per heavy atom. The van der Waals surface area contributed by atoms with Gasteiger partial charge in [0.1, 0.15) is 0 Å². The highest BCUT2D eigenvalue weighted by atomic mass is 14.9. The molecule has 0 aliphatic carbocycles. The van der Waals surface area contributed by atoms with Crippen LogP contribution < -0.4 is 11.1 Å². The van der Waals surface area contributed by atoms with Crippen LogP contribution in [0.25, 0.3) is 0 Å². The zero-order chi connectivity index (χ0) is 10.5. The van der Waals surface area contributed by atoms with Gasteiger partial charge in [0.2, 0.25) is 0 Å². The van der Waals surface area contributed by atoms with Crippen LogP contribution in [0.1, 0.15) is 5.56 Å². The molecule has 0 aromatic carbocycles. The summed E-state index contributed by atoms with van der Waals surface area (Å²) >= 11 is 0. The van der Waals surface area contributed by atoms with Crippen LogP contribution in [-0.2, 0) is 6.54 Å². The van der Waals surface area contributed by atoms with E-state index in [1.165, 1.54) is 0 Å².